The van der Waals surface area contributed by atoms with E-state index >= 15 is 0 Å². The Bertz CT molecular complexity index is 680. The van der Waals surface area contributed by atoms with Crippen LogP contribution >= 0.6 is 22.6 Å². The number of nitrogens with one attached hydrogen (secondary N) is 3. The minimum atomic E-state index is -3.55. The number of aromatic amines is 1. The molecule has 0 fully saturated rings. The van der Waals surface area contributed by atoms with Gasteiger partial charge in [-0.1, -0.05) is 6.92 Å². The second kappa shape index (κ2) is 7.28. The lowest BCUT2D eigenvalue weighted by atomic mass is 10.3. The van der Waals surface area contributed by atoms with Crippen molar-refractivity contribution in [3.8, 4) is 0 Å². The molecule has 2 aromatic rings. The van der Waals surface area contributed by atoms with Crippen molar-refractivity contribution < 1.29 is 8.42 Å². The maximum Gasteiger partial charge on any atom is 0.263 e. The van der Waals surface area contributed by atoms with E-state index in [0.717, 1.165) is 22.2 Å². The van der Waals surface area contributed by atoms with Gasteiger partial charge in [-0.2, -0.15) is 0 Å². The lowest BCUT2D eigenvalue weighted by Crippen LogP contribution is -2.14. The molecule has 0 saturated carbocycles. The third kappa shape index (κ3) is 4.72. The first-order valence-electron chi connectivity index (χ1n) is 6.67. The SMILES string of the molecule is CCCNCc1cc(S(=O)(=O)Nc2ccc(I)cc2)c[nH]1. The molecule has 0 aliphatic carbocycles. The molecule has 0 atom stereocenters. The molecule has 1 aromatic carbocycles. The van der Waals surface area contributed by atoms with Crippen LogP contribution in [0.25, 0.3) is 0 Å². The first kappa shape index (κ1) is 16.3. The molecule has 0 spiro atoms. The molecule has 3 N–H and O–H groups in total. The summed E-state index contributed by atoms with van der Waals surface area (Å²) < 4.78 is 28.2. The summed E-state index contributed by atoms with van der Waals surface area (Å²) in [5.74, 6) is 0. The van der Waals surface area contributed by atoms with Gasteiger partial charge in [0, 0.05) is 27.7 Å². The monoisotopic (exact) mass is 419 g/mol. The smallest absolute Gasteiger partial charge is 0.263 e. The van der Waals surface area contributed by atoms with Gasteiger partial charge in [0.2, 0.25) is 0 Å². The zero-order valence-electron chi connectivity index (χ0n) is 11.7. The predicted molar refractivity (Wildman–Crippen MR) is 92.8 cm³/mol. The average Bonchev–Trinajstić information content (AvgIpc) is 2.91. The summed E-state index contributed by atoms with van der Waals surface area (Å²) in [6, 6.07) is 8.86. The largest absolute Gasteiger partial charge is 0.363 e. The molecule has 2 rings (SSSR count). The lowest BCUT2D eigenvalue weighted by molar-refractivity contribution is 0.601. The first-order valence-corrected chi connectivity index (χ1v) is 9.24. The maximum atomic E-state index is 12.3. The number of sulfonamides is 1. The fourth-order valence-electron chi connectivity index (χ4n) is 1.81. The van der Waals surface area contributed by atoms with Crippen LogP contribution in [0.5, 0.6) is 0 Å². The van der Waals surface area contributed by atoms with Gasteiger partial charge in [-0.3, -0.25) is 4.72 Å². The second-order valence-corrected chi connectivity index (χ2v) is 7.58. The Morgan fingerprint density at radius 1 is 1.24 bits per heavy atom. The van der Waals surface area contributed by atoms with E-state index in [1.165, 1.54) is 6.20 Å². The number of benzene rings is 1. The Balaban J connectivity index is 2.07. The summed E-state index contributed by atoms with van der Waals surface area (Å²) in [7, 11) is -3.55. The van der Waals surface area contributed by atoms with Crippen LogP contribution < -0.4 is 10.0 Å². The van der Waals surface area contributed by atoms with Crippen molar-refractivity contribution in [1.29, 1.82) is 0 Å². The van der Waals surface area contributed by atoms with Crippen LogP contribution in [0.1, 0.15) is 19.0 Å². The van der Waals surface area contributed by atoms with Gasteiger partial charge in [-0.25, -0.2) is 8.42 Å². The Morgan fingerprint density at radius 2 is 1.95 bits per heavy atom. The van der Waals surface area contributed by atoms with Crippen LogP contribution in [0.3, 0.4) is 0 Å². The van der Waals surface area contributed by atoms with Crippen LogP contribution in [-0.2, 0) is 16.6 Å². The zero-order chi connectivity index (χ0) is 15.3. The van der Waals surface area contributed by atoms with Crippen molar-refractivity contribution >= 4 is 38.3 Å². The van der Waals surface area contributed by atoms with Crippen molar-refractivity contribution in [2.45, 2.75) is 24.8 Å². The fraction of sp³-hybridized carbons (Fsp3) is 0.286. The molecule has 7 heteroatoms. The summed E-state index contributed by atoms with van der Waals surface area (Å²) >= 11 is 2.18. The Labute approximate surface area is 138 Å². The summed E-state index contributed by atoms with van der Waals surface area (Å²) in [6.45, 7) is 3.62. The van der Waals surface area contributed by atoms with Crippen LogP contribution in [-0.4, -0.2) is 19.9 Å². The molecule has 0 bridgehead atoms. The average molecular weight is 419 g/mol. The lowest BCUT2D eigenvalue weighted by Gasteiger charge is -2.06. The van der Waals surface area contributed by atoms with Crippen LogP contribution in [0.4, 0.5) is 5.69 Å². The van der Waals surface area contributed by atoms with E-state index in [9.17, 15) is 8.42 Å². The molecule has 0 aliphatic rings. The summed E-state index contributed by atoms with van der Waals surface area (Å²) in [4.78, 5) is 3.23. The Kier molecular flexibility index (Phi) is 5.65. The predicted octanol–water partition coefficient (Wildman–Crippen LogP) is 2.92. The van der Waals surface area contributed by atoms with Gasteiger partial charge in [0.25, 0.3) is 10.0 Å². The van der Waals surface area contributed by atoms with E-state index < -0.39 is 10.0 Å². The molecule has 1 aromatic heterocycles. The van der Waals surface area contributed by atoms with Crippen LogP contribution in [0, 0.1) is 3.57 Å². The number of halogens is 1. The number of hydrogen-bond acceptors (Lipinski definition) is 3. The van der Waals surface area contributed by atoms with Gasteiger partial charge in [0.15, 0.2) is 0 Å². The molecule has 5 nitrogen and oxygen atoms in total. The number of aromatic nitrogens is 1. The standard InChI is InChI=1S/C14H18IN3O2S/c1-2-7-16-9-13-8-14(10-17-13)21(19,20)18-12-5-3-11(15)4-6-12/h3-6,8,10,16-18H,2,7,9H2,1H3. The van der Waals surface area contributed by atoms with Crippen molar-refractivity contribution in [2.75, 3.05) is 11.3 Å². The van der Waals surface area contributed by atoms with Crippen molar-refractivity contribution in [1.82, 2.24) is 10.3 Å². The minimum Gasteiger partial charge on any atom is -0.363 e. The van der Waals surface area contributed by atoms with E-state index in [1.54, 1.807) is 18.2 Å². The van der Waals surface area contributed by atoms with E-state index in [0.29, 0.717) is 12.2 Å². The molecule has 1 heterocycles. The number of hydrogen-bond donors (Lipinski definition) is 3. The van der Waals surface area contributed by atoms with Crippen LogP contribution in [0.2, 0.25) is 0 Å². The van der Waals surface area contributed by atoms with E-state index in [2.05, 4.69) is 44.5 Å². The van der Waals surface area contributed by atoms with Gasteiger partial charge in [0.1, 0.15) is 4.90 Å². The number of anilines is 1. The van der Waals surface area contributed by atoms with Crippen molar-refractivity contribution in [3.63, 3.8) is 0 Å². The number of H-pyrrole nitrogens is 1. The van der Waals surface area contributed by atoms with Gasteiger partial charge in [-0.05, 0) is 65.9 Å². The molecule has 0 saturated heterocycles. The second-order valence-electron chi connectivity index (χ2n) is 4.65. The quantitative estimate of drug-likeness (QED) is 0.477. The van der Waals surface area contributed by atoms with Gasteiger partial charge < -0.3 is 10.3 Å². The first-order chi connectivity index (χ1) is 10.0. The molecule has 21 heavy (non-hydrogen) atoms. The normalized spacial score (nSPS) is 11.5. The topological polar surface area (TPSA) is 74.0 Å². The fourth-order valence-corrected chi connectivity index (χ4v) is 3.24. The highest BCUT2D eigenvalue weighted by Gasteiger charge is 2.16. The summed E-state index contributed by atoms with van der Waals surface area (Å²) in [5, 5.41) is 3.22. The highest BCUT2D eigenvalue weighted by molar-refractivity contribution is 14.1. The third-order valence-electron chi connectivity index (χ3n) is 2.87. The Morgan fingerprint density at radius 3 is 2.62 bits per heavy atom. The van der Waals surface area contributed by atoms with Crippen molar-refractivity contribution in [3.05, 3.63) is 45.8 Å². The molecule has 0 radical (unpaired) electrons. The van der Waals surface area contributed by atoms with Gasteiger partial charge >= 0.3 is 0 Å². The van der Waals surface area contributed by atoms with E-state index in [4.69, 9.17) is 0 Å². The molecule has 0 aliphatic heterocycles. The molecular weight excluding hydrogens is 401 g/mol. The van der Waals surface area contributed by atoms with E-state index in [1.807, 2.05) is 12.1 Å². The molecule has 0 amide bonds. The Hall–Kier alpha value is -1.06. The van der Waals surface area contributed by atoms with Crippen molar-refractivity contribution in [2.24, 2.45) is 0 Å². The highest BCUT2D eigenvalue weighted by atomic mass is 127. The highest BCUT2D eigenvalue weighted by Crippen LogP contribution is 2.18. The summed E-state index contributed by atoms with van der Waals surface area (Å²) in [5.41, 5.74) is 1.41. The van der Waals surface area contributed by atoms with Crippen LogP contribution in [0.15, 0.2) is 41.4 Å². The minimum absolute atomic E-state index is 0.245. The third-order valence-corrected chi connectivity index (χ3v) is 4.95. The molecular formula is C14H18IN3O2S. The summed E-state index contributed by atoms with van der Waals surface area (Å²) in [6.07, 6.45) is 2.55. The number of rotatable bonds is 7. The molecule has 114 valence electrons. The maximum absolute atomic E-state index is 12.3. The molecule has 0 unspecified atom stereocenters. The van der Waals surface area contributed by atoms with E-state index in [-0.39, 0.29) is 4.90 Å². The zero-order valence-corrected chi connectivity index (χ0v) is 14.7. The van der Waals surface area contributed by atoms with Gasteiger partial charge in [0.05, 0.1) is 0 Å². The van der Waals surface area contributed by atoms with Gasteiger partial charge in [-0.15, -0.1) is 0 Å².